The molecule has 0 saturated heterocycles. The number of para-hydroxylation sites is 1. The Morgan fingerprint density at radius 2 is 1.77 bits per heavy atom. The predicted octanol–water partition coefficient (Wildman–Crippen LogP) is 6.55. The minimum atomic E-state index is -0.401. The van der Waals surface area contributed by atoms with Crippen LogP contribution in [0.1, 0.15) is 15.9 Å². The highest BCUT2D eigenvalue weighted by atomic mass is 79.9. The second kappa shape index (κ2) is 8.69. The van der Waals surface area contributed by atoms with Crippen LogP contribution in [0.5, 0.6) is 5.75 Å². The Labute approximate surface area is 195 Å². The van der Waals surface area contributed by atoms with E-state index in [2.05, 4.69) is 37.2 Å². The van der Waals surface area contributed by atoms with Crippen LogP contribution in [0.4, 0.5) is 5.69 Å². The van der Waals surface area contributed by atoms with Gasteiger partial charge < -0.3 is 14.5 Å². The normalized spacial score (nSPS) is 10.8. The molecule has 5 nitrogen and oxygen atoms in total. The van der Waals surface area contributed by atoms with Gasteiger partial charge in [0.2, 0.25) is 0 Å². The maximum atomic E-state index is 12.9. The molecule has 1 heterocycles. The van der Waals surface area contributed by atoms with Gasteiger partial charge in [-0.3, -0.25) is 4.79 Å². The van der Waals surface area contributed by atoms with Crippen LogP contribution in [-0.4, -0.2) is 13.0 Å². The number of aryl methyl sites for hydroxylation is 1. The molecule has 4 aromatic rings. The SMILES string of the molecule is COc1c(Br)cc(Br)cc1C(=O)Nc1ccc(-c2cc3ccccc3oc2=O)c(C)c1. The zero-order valence-electron chi connectivity index (χ0n) is 16.7. The number of methoxy groups -OCH3 is 1. The van der Waals surface area contributed by atoms with Crippen molar-refractivity contribution in [2.45, 2.75) is 6.92 Å². The second-order valence-corrected chi connectivity index (χ2v) is 8.71. The number of benzene rings is 3. The molecule has 1 N–H and O–H groups in total. The highest BCUT2D eigenvalue weighted by Gasteiger charge is 2.17. The first-order chi connectivity index (χ1) is 14.9. The number of hydrogen-bond acceptors (Lipinski definition) is 4. The minimum absolute atomic E-state index is 0.309. The lowest BCUT2D eigenvalue weighted by Crippen LogP contribution is -2.14. The van der Waals surface area contributed by atoms with Crippen LogP contribution in [-0.2, 0) is 0 Å². The molecule has 0 saturated carbocycles. The smallest absolute Gasteiger partial charge is 0.344 e. The van der Waals surface area contributed by atoms with Crippen molar-refractivity contribution in [2.75, 3.05) is 12.4 Å². The molecule has 31 heavy (non-hydrogen) atoms. The van der Waals surface area contributed by atoms with E-state index in [4.69, 9.17) is 9.15 Å². The summed E-state index contributed by atoms with van der Waals surface area (Å²) < 4.78 is 12.2. The summed E-state index contributed by atoms with van der Waals surface area (Å²) in [6.45, 7) is 1.88. The van der Waals surface area contributed by atoms with Crippen molar-refractivity contribution >= 4 is 54.4 Å². The topological polar surface area (TPSA) is 68.5 Å². The molecule has 0 aliphatic carbocycles. The molecule has 0 aliphatic heterocycles. The average Bonchev–Trinajstić information content (AvgIpc) is 2.73. The number of carbonyl (C=O) groups excluding carboxylic acids is 1. The van der Waals surface area contributed by atoms with E-state index in [-0.39, 0.29) is 5.91 Å². The van der Waals surface area contributed by atoms with Crippen LogP contribution >= 0.6 is 31.9 Å². The van der Waals surface area contributed by atoms with E-state index in [0.29, 0.717) is 32.6 Å². The molecule has 0 spiro atoms. The number of amides is 1. The van der Waals surface area contributed by atoms with Crippen molar-refractivity contribution in [1.29, 1.82) is 0 Å². The highest BCUT2D eigenvalue weighted by Crippen LogP contribution is 2.33. The summed E-state index contributed by atoms with van der Waals surface area (Å²) in [6, 6.07) is 18.1. The number of ether oxygens (including phenoxy) is 1. The van der Waals surface area contributed by atoms with E-state index in [1.165, 1.54) is 7.11 Å². The Bertz CT molecular complexity index is 1380. The predicted molar refractivity (Wildman–Crippen MR) is 129 cm³/mol. The summed E-state index contributed by atoms with van der Waals surface area (Å²) in [5, 5.41) is 3.74. The molecule has 7 heteroatoms. The molecule has 3 aromatic carbocycles. The van der Waals surface area contributed by atoms with Crippen LogP contribution in [0.15, 0.2) is 78.8 Å². The molecule has 0 atom stereocenters. The van der Waals surface area contributed by atoms with Gasteiger partial charge in [-0.2, -0.15) is 0 Å². The number of hydrogen-bond donors (Lipinski definition) is 1. The average molecular weight is 543 g/mol. The monoisotopic (exact) mass is 541 g/mol. The van der Waals surface area contributed by atoms with Crippen LogP contribution in [0.2, 0.25) is 0 Å². The molecule has 0 unspecified atom stereocenters. The Hall–Kier alpha value is -2.90. The van der Waals surface area contributed by atoms with Crippen molar-refractivity contribution in [1.82, 2.24) is 0 Å². The van der Waals surface area contributed by atoms with Crippen LogP contribution in [0, 0.1) is 6.92 Å². The van der Waals surface area contributed by atoms with Crippen molar-refractivity contribution in [3.63, 3.8) is 0 Å². The standard InChI is InChI=1S/C24H17Br2NO4/c1-13-9-16(27-23(28)19-11-15(25)12-20(26)22(19)30-2)7-8-17(13)18-10-14-5-3-4-6-21(14)31-24(18)29/h3-12H,1-2H3,(H,27,28). The summed E-state index contributed by atoms with van der Waals surface area (Å²) in [7, 11) is 1.51. The van der Waals surface area contributed by atoms with Gasteiger partial charge in [-0.15, -0.1) is 0 Å². The Morgan fingerprint density at radius 1 is 1.00 bits per heavy atom. The van der Waals surface area contributed by atoms with E-state index >= 15 is 0 Å². The molecule has 1 aromatic heterocycles. The zero-order chi connectivity index (χ0) is 22.1. The fourth-order valence-electron chi connectivity index (χ4n) is 3.43. The van der Waals surface area contributed by atoms with E-state index < -0.39 is 5.63 Å². The van der Waals surface area contributed by atoms with Crippen LogP contribution < -0.4 is 15.7 Å². The van der Waals surface area contributed by atoms with Crippen molar-refractivity contribution < 1.29 is 13.9 Å². The summed E-state index contributed by atoms with van der Waals surface area (Å²) in [4.78, 5) is 25.4. The molecule has 1 amide bonds. The van der Waals surface area contributed by atoms with Gasteiger partial charge in [0.1, 0.15) is 11.3 Å². The van der Waals surface area contributed by atoms with Crippen molar-refractivity contribution in [3.05, 3.63) is 91.2 Å². The lowest BCUT2D eigenvalue weighted by Gasteiger charge is -2.13. The number of nitrogens with one attached hydrogen (secondary N) is 1. The third-order valence-corrected chi connectivity index (χ3v) is 5.92. The summed E-state index contributed by atoms with van der Waals surface area (Å²) in [5.74, 6) is 0.138. The van der Waals surface area contributed by atoms with Crippen LogP contribution in [0.3, 0.4) is 0 Å². The van der Waals surface area contributed by atoms with E-state index in [9.17, 15) is 9.59 Å². The van der Waals surface area contributed by atoms with Gasteiger partial charge >= 0.3 is 5.63 Å². The summed E-state index contributed by atoms with van der Waals surface area (Å²) >= 11 is 6.81. The molecule has 0 aliphatic rings. The molecular formula is C24H17Br2NO4. The maximum absolute atomic E-state index is 12.9. The van der Waals surface area contributed by atoms with Crippen molar-refractivity contribution in [2.24, 2.45) is 0 Å². The lowest BCUT2D eigenvalue weighted by atomic mass is 10.0. The third kappa shape index (κ3) is 4.29. The highest BCUT2D eigenvalue weighted by molar-refractivity contribution is 9.11. The van der Waals surface area contributed by atoms with E-state index in [1.54, 1.807) is 24.3 Å². The first-order valence-corrected chi connectivity index (χ1v) is 10.9. The summed E-state index contributed by atoms with van der Waals surface area (Å²) in [5.41, 5.74) is 3.21. The Morgan fingerprint density at radius 3 is 2.52 bits per heavy atom. The summed E-state index contributed by atoms with van der Waals surface area (Å²) in [6.07, 6.45) is 0. The Balaban J connectivity index is 1.67. The number of anilines is 1. The third-order valence-electron chi connectivity index (χ3n) is 4.87. The van der Waals surface area contributed by atoms with E-state index in [1.807, 2.05) is 43.3 Å². The second-order valence-electron chi connectivity index (χ2n) is 6.94. The van der Waals surface area contributed by atoms with Gasteiger partial charge in [-0.1, -0.05) is 40.2 Å². The molecule has 4 rings (SSSR count). The zero-order valence-corrected chi connectivity index (χ0v) is 19.8. The molecule has 0 bridgehead atoms. The first-order valence-electron chi connectivity index (χ1n) is 9.35. The Kier molecular flexibility index (Phi) is 5.98. The van der Waals surface area contributed by atoms with Gasteiger partial charge in [-0.25, -0.2) is 4.79 Å². The van der Waals surface area contributed by atoms with Gasteiger partial charge in [0.25, 0.3) is 5.91 Å². The fourth-order valence-corrected chi connectivity index (χ4v) is 4.82. The van der Waals surface area contributed by atoms with Gasteiger partial charge in [0.05, 0.1) is 22.7 Å². The van der Waals surface area contributed by atoms with Crippen molar-refractivity contribution in [3.8, 4) is 16.9 Å². The largest absolute Gasteiger partial charge is 0.495 e. The number of rotatable bonds is 4. The quantitative estimate of drug-likeness (QED) is 0.297. The minimum Gasteiger partial charge on any atom is -0.495 e. The number of carbonyl (C=O) groups is 1. The van der Waals surface area contributed by atoms with Gasteiger partial charge in [0.15, 0.2) is 0 Å². The molecule has 156 valence electrons. The number of halogens is 2. The number of fused-ring (bicyclic) bond motifs is 1. The maximum Gasteiger partial charge on any atom is 0.344 e. The van der Waals surface area contributed by atoms with Gasteiger partial charge in [-0.05, 0) is 70.4 Å². The molecule has 0 fully saturated rings. The van der Waals surface area contributed by atoms with Crippen LogP contribution in [0.25, 0.3) is 22.1 Å². The first kappa shape index (κ1) is 21.3. The molecule has 0 radical (unpaired) electrons. The van der Waals surface area contributed by atoms with E-state index in [0.717, 1.165) is 21.0 Å². The molecular weight excluding hydrogens is 526 g/mol. The fraction of sp³-hybridized carbons (Fsp3) is 0.0833. The lowest BCUT2D eigenvalue weighted by molar-refractivity contribution is 0.102. The van der Waals surface area contributed by atoms with Gasteiger partial charge in [0, 0.05) is 15.5 Å².